The molecule has 0 unspecified atom stereocenters. The molecule has 0 aromatic heterocycles. The number of rotatable bonds is 2. The maximum Gasteiger partial charge on any atom is 0.125 e. The Labute approximate surface area is 95.3 Å². The lowest BCUT2D eigenvalue weighted by Crippen LogP contribution is -2.16. The second-order valence-corrected chi connectivity index (χ2v) is 4.16. The van der Waals surface area contributed by atoms with Crippen LogP contribution in [0.5, 0.6) is 11.5 Å². The SMILES string of the molecule is CN(C)C=c1cc(O)c(=CN(C)C)cc1O. The van der Waals surface area contributed by atoms with E-state index < -0.39 is 0 Å². The average molecular weight is 222 g/mol. The molecule has 0 aliphatic heterocycles. The van der Waals surface area contributed by atoms with Crippen LogP contribution in [0.4, 0.5) is 0 Å². The molecule has 1 aromatic carbocycles. The zero-order valence-corrected chi connectivity index (χ0v) is 10.1. The zero-order chi connectivity index (χ0) is 12.3. The minimum atomic E-state index is 0.152. The van der Waals surface area contributed by atoms with Crippen molar-refractivity contribution in [3.05, 3.63) is 22.6 Å². The summed E-state index contributed by atoms with van der Waals surface area (Å²) in [6.07, 6.45) is 3.49. The van der Waals surface area contributed by atoms with Crippen LogP contribution in [0.15, 0.2) is 12.1 Å². The quantitative estimate of drug-likeness (QED) is 0.674. The van der Waals surface area contributed by atoms with Gasteiger partial charge in [0.1, 0.15) is 11.5 Å². The van der Waals surface area contributed by atoms with Gasteiger partial charge < -0.3 is 20.0 Å². The highest BCUT2D eigenvalue weighted by Gasteiger charge is 1.99. The fourth-order valence-corrected chi connectivity index (χ4v) is 1.37. The summed E-state index contributed by atoms with van der Waals surface area (Å²) in [5, 5.41) is 20.7. The van der Waals surface area contributed by atoms with Crippen LogP contribution in [-0.2, 0) is 0 Å². The Morgan fingerprint density at radius 2 is 1.12 bits per heavy atom. The van der Waals surface area contributed by atoms with Gasteiger partial charge in [0.05, 0.1) is 0 Å². The first-order valence-corrected chi connectivity index (χ1v) is 4.98. The Morgan fingerprint density at radius 1 is 0.812 bits per heavy atom. The highest BCUT2D eigenvalue weighted by atomic mass is 16.3. The van der Waals surface area contributed by atoms with Crippen molar-refractivity contribution in [1.29, 1.82) is 0 Å². The molecule has 0 radical (unpaired) electrons. The Hall–Kier alpha value is -1.84. The second-order valence-electron chi connectivity index (χ2n) is 4.16. The molecule has 0 aliphatic carbocycles. The lowest BCUT2D eigenvalue weighted by Gasteiger charge is -2.07. The van der Waals surface area contributed by atoms with Gasteiger partial charge in [0.2, 0.25) is 0 Å². The maximum absolute atomic E-state index is 9.77. The van der Waals surface area contributed by atoms with E-state index in [9.17, 15) is 10.2 Å². The number of benzene rings is 1. The van der Waals surface area contributed by atoms with Crippen molar-refractivity contribution in [3.8, 4) is 11.5 Å². The molecule has 0 fully saturated rings. The fraction of sp³-hybridized carbons (Fsp3) is 0.333. The van der Waals surface area contributed by atoms with Gasteiger partial charge in [-0.3, -0.25) is 0 Å². The monoisotopic (exact) mass is 222 g/mol. The van der Waals surface area contributed by atoms with Gasteiger partial charge in [-0.05, 0) is 12.1 Å². The van der Waals surface area contributed by atoms with Crippen molar-refractivity contribution < 1.29 is 10.2 Å². The summed E-state index contributed by atoms with van der Waals surface area (Å²) >= 11 is 0. The topological polar surface area (TPSA) is 46.9 Å². The van der Waals surface area contributed by atoms with Gasteiger partial charge in [-0.15, -0.1) is 0 Å². The minimum Gasteiger partial charge on any atom is -0.507 e. The highest BCUT2D eigenvalue weighted by Crippen LogP contribution is 2.03. The minimum absolute atomic E-state index is 0.152. The van der Waals surface area contributed by atoms with E-state index in [0.717, 1.165) is 0 Å². The van der Waals surface area contributed by atoms with Crippen LogP contribution in [0.1, 0.15) is 0 Å². The van der Waals surface area contributed by atoms with Crippen LogP contribution < -0.4 is 10.4 Å². The summed E-state index contributed by atoms with van der Waals surface area (Å²) in [7, 11) is 7.43. The van der Waals surface area contributed by atoms with Gasteiger partial charge in [0.15, 0.2) is 0 Å². The lowest BCUT2D eigenvalue weighted by atomic mass is 10.2. The summed E-state index contributed by atoms with van der Waals surface area (Å²) in [5.74, 6) is 0.305. The van der Waals surface area contributed by atoms with Crippen LogP contribution in [0.2, 0.25) is 0 Å². The van der Waals surface area contributed by atoms with Crippen molar-refractivity contribution in [2.45, 2.75) is 0 Å². The smallest absolute Gasteiger partial charge is 0.125 e. The third-order valence-corrected chi connectivity index (χ3v) is 1.97. The third-order valence-electron chi connectivity index (χ3n) is 1.97. The third kappa shape index (κ3) is 3.08. The Bertz CT molecular complexity index is 433. The zero-order valence-electron chi connectivity index (χ0n) is 10.1. The van der Waals surface area contributed by atoms with Crippen molar-refractivity contribution >= 4 is 12.4 Å². The molecule has 0 atom stereocenters. The molecule has 16 heavy (non-hydrogen) atoms. The van der Waals surface area contributed by atoms with Crippen LogP contribution >= 0.6 is 0 Å². The van der Waals surface area contributed by atoms with Crippen LogP contribution in [0, 0.1) is 0 Å². The molecule has 2 N–H and O–H groups in total. The molecule has 0 heterocycles. The average Bonchev–Trinajstić information content (AvgIpc) is 2.11. The molecule has 4 heteroatoms. The first-order chi connectivity index (χ1) is 7.40. The number of nitrogens with zero attached hydrogens (tertiary/aromatic N) is 2. The predicted octanol–water partition coefficient (Wildman–Crippen LogP) is -0.303. The molecule has 0 bridgehead atoms. The van der Waals surface area contributed by atoms with E-state index in [2.05, 4.69) is 0 Å². The first-order valence-electron chi connectivity index (χ1n) is 4.98. The van der Waals surface area contributed by atoms with Crippen LogP contribution in [-0.4, -0.2) is 48.2 Å². The Morgan fingerprint density at radius 3 is 1.38 bits per heavy atom. The standard InChI is InChI=1S/C12H18N2O2/c1-13(2)7-9-5-12(16)10(6-11(9)15)8-14(3)4/h5-8,15-16H,1-4H3. The summed E-state index contributed by atoms with van der Waals surface area (Å²) in [4.78, 5) is 3.62. The molecule has 0 aliphatic rings. The van der Waals surface area contributed by atoms with E-state index in [4.69, 9.17) is 0 Å². The molecule has 0 spiro atoms. The van der Waals surface area contributed by atoms with Crippen molar-refractivity contribution in [2.24, 2.45) is 0 Å². The highest BCUT2D eigenvalue weighted by molar-refractivity contribution is 5.42. The van der Waals surface area contributed by atoms with E-state index in [1.165, 1.54) is 0 Å². The number of hydrogen-bond donors (Lipinski definition) is 2. The molecule has 1 aromatic rings. The molecular formula is C12H18N2O2. The number of aromatic hydroxyl groups is 2. The summed E-state index contributed by atoms with van der Waals surface area (Å²) < 4.78 is 0. The van der Waals surface area contributed by atoms with Crippen LogP contribution in [0.3, 0.4) is 0 Å². The van der Waals surface area contributed by atoms with Crippen LogP contribution in [0.25, 0.3) is 12.4 Å². The number of hydrogen-bond acceptors (Lipinski definition) is 4. The summed E-state index contributed by atoms with van der Waals surface area (Å²) in [5.41, 5.74) is 0. The predicted molar refractivity (Wildman–Crippen MR) is 65.3 cm³/mol. The first kappa shape index (κ1) is 12.2. The van der Waals surface area contributed by atoms with Crippen molar-refractivity contribution in [1.82, 2.24) is 9.80 Å². The fourth-order valence-electron chi connectivity index (χ4n) is 1.37. The van der Waals surface area contributed by atoms with Crippen molar-refractivity contribution in [2.75, 3.05) is 28.2 Å². The molecule has 88 valence electrons. The molecular weight excluding hydrogens is 204 g/mol. The summed E-state index contributed by atoms with van der Waals surface area (Å²) in [6, 6.07) is 3.09. The van der Waals surface area contributed by atoms with E-state index in [0.29, 0.717) is 10.4 Å². The molecule has 4 nitrogen and oxygen atoms in total. The Kier molecular flexibility index (Phi) is 3.66. The molecule has 0 saturated carbocycles. The normalized spacial score (nSPS) is 13.0. The Balaban J connectivity index is 3.39. The number of phenolic OH excluding ortho intramolecular Hbond substituents is 2. The van der Waals surface area contributed by atoms with Gasteiger partial charge >= 0.3 is 0 Å². The molecule has 1 rings (SSSR count). The summed E-state index contributed by atoms with van der Waals surface area (Å²) in [6.45, 7) is 0. The van der Waals surface area contributed by atoms with Gasteiger partial charge in [-0.2, -0.15) is 0 Å². The van der Waals surface area contributed by atoms with E-state index in [1.54, 1.807) is 24.5 Å². The van der Waals surface area contributed by atoms with Gasteiger partial charge in [-0.25, -0.2) is 0 Å². The van der Waals surface area contributed by atoms with E-state index >= 15 is 0 Å². The maximum atomic E-state index is 9.77. The molecule has 0 saturated heterocycles. The van der Waals surface area contributed by atoms with Crippen molar-refractivity contribution in [3.63, 3.8) is 0 Å². The number of phenols is 2. The lowest BCUT2D eigenvalue weighted by molar-refractivity contribution is 0.450. The van der Waals surface area contributed by atoms with Gasteiger partial charge in [-0.1, -0.05) is 0 Å². The van der Waals surface area contributed by atoms with E-state index in [1.807, 2.05) is 38.0 Å². The largest absolute Gasteiger partial charge is 0.507 e. The van der Waals surface area contributed by atoms with E-state index in [-0.39, 0.29) is 11.5 Å². The molecule has 0 amide bonds. The second kappa shape index (κ2) is 4.79. The van der Waals surface area contributed by atoms with Gasteiger partial charge in [0, 0.05) is 51.0 Å². The van der Waals surface area contributed by atoms with Gasteiger partial charge in [0.25, 0.3) is 0 Å².